The van der Waals surface area contributed by atoms with Crippen molar-refractivity contribution in [2.75, 3.05) is 19.6 Å². The maximum absolute atomic E-state index is 11.5. The summed E-state index contributed by atoms with van der Waals surface area (Å²) in [5.74, 6) is 0.368. The van der Waals surface area contributed by atoms with Crippen LogP contribution < -0.4 is 5.32 Å². The molecule has 3 heteroatoms. The molecular formula is C11H22N2O. The first kappa shape index (κ1) is 11.7. The Hall–Kier alpha value is -0.410. The topological polar surface area (TPSA) is 32.3 Å². The van der Waals surface area contributed by atoms with Gasteiger partial charge in [-0.1, -0.05) is 6.92 Å². The van der Waals surface area contributed by atoms with Crippen LogP contribution in [0.25, 0.3) is 0 Å². The van der Waals surface area contributed by atoms with Crippen LogP contribution in [0.5, 0.6) is 0 Å². The van der Waals surface area contributed by atoms with E-state index in [-0.39, 0.29) is 11.6 Å². The van der Waals surface area contributed by atoms with Gasteiger partial charge in [-0.05, 0) is 27.3 Å². The van der Waals surface area contributed by atoms with Gasteiger partial charge in [0.15, 0.2) is 5.78 Å². The Bertz CT molecular complexity index is 208. The zero-order valence-corrected chi connectivity index (χ0v) is 9.76. The van der Waals surface area contributed by atoms with Crippen molar-refractivity contribution in [1.82, 2.24) is 10.2 Å². The predicted octanol–water partition coefficient (Wildman–Crippen LogP) is 1.04. The number of ketones is 1. The van der Waals surface area contributed by atoms with Crippen molar-refractivity contribution in [2.45, 2.75) is 45.7 Å². The first-order valence-electron chi connectivity index (χ1n) is 5.46. The van der Waals surface area contributed by atoms with Crippen molar-refractivity contribution in [1.29, 1.82) is 0 Å². The molecule has 1 aliphatic heterocycles. The summed E-state index contributed by atoms with van der Waals surface area (Å²) < 4.78 is 0. The van der Waals surface area contributed by atoms with E-state index >= 15 is 0 Å². The van der Waals surface area contributed by atoms with Gasteiger partial charge in [0.05, 0.1) is 6.04 Å². The summed E-state index contributed by atoms with van der Waals surface area (Å²) in [7, 11) is 0. The van der Waals surface area contributed by atoms with Crippen LogP contribution in [0.3, 0.4) is 0 Å². The second-order valence-corrected chi connectivity index (χ2v) is 4.93. The minimum atomic E-state index is 0.0641. The van der Waals surface area contributed by atoms with Gasteiger partial charge in [0.1, 0.15) is 0 Å². The lowest BCUT2D eigenvalue weighted by Crippen LogP contribution is -2.49. The summed E-state index contributed by atoms with van der Waals surface area (Å²) in [6, 6.07) is 0.0641. The second-order valence-electron chi connectivity index (χ2n) is 4.93. The van der Waals surface area contributed by atoms with E-state index in [4.69, 9.17) is 0 Å². The van der Waals surface area contributed by atoms with Crippen LogP contribution in [0, 0.1) is 0 Å². The van der Waals surface area contributed by atoms with Crippen molar-refractivity contribution in [3.63, 3.8) is 0 Å². The lowest BCUT2D eigenvalue weighted by Gasteiger charge is -2.36. The Balaban J connectivity index is 2.52. The number of rotatable bonds is 3. The Labute approximate surface area is 86.9 Å². The third-order valence-electron chi connectivity index (χ3n) is 2.88. The molecule has 3 nitrogen and oxygen atoms in total. The molecule has 0 saturated carbocycles. The predicted molar refractivity (Wildman–Crippen MR) is 58.4 cm³/mol. The average Bonchev–Trinajstić information content (AvgIpc) is 2.45. The highest BCUT2D eigenvalue weighted by molar-refractivity contribution is 5.86. The monoisotopic (exact) mass is 198 g/mol. The van der Waals surface area contributed by atoms with Crippen LogP contribution >= 0.6 is 0 Å². The number of hydrogen-bond acceptors (Lipinski definition) is 3. The van der Waals surface area contributed by atoms with Crippen molar-refractivity contribution in [2.24, 2.45) is 0 Å². The number of likely N-dealkylation sites (N-methyl/N-ethyl adjacent to an activating group) is 1. The van der Waals surface area contributed by atoms with Crippen molar-refractivity contribution >= 4 is 5.78 Å². The Morgan fingerprint density at radius 2 is 2.14 bits per heavy atom. The fourth-order valence-corrected chi connectivity index (χ4v) is 1.92. The summed E-state index contributed by atoms with van der Waals surface area (Å²) in [6.45, 7) is 11.4. The summed E-state index contributed by atoms with van der Waals surface area (Å²) in [6.07, 6.45) is 0.701. The third kappa shape index (κ3) is 2.79. The van der Waals surface area contributed by atoms with E-state index in [1.807, 2.05) is 0 Å². The lowest BCUT2D eigenvalue weighted by atomic mass is 10.0. The maximum atomic E-state index is 11.5. The molecule has 82 valence electrons. The number of carbonyl (C=O) groups is 1. The van der Waals surface area contributed by atoms with E-state index in [0.29, 0.717) is 12.2 Å². The largest absolute Gasteiger partial charge is 0.306 e. The molecule has 0 spiro atoms. The fraction of sp³-hybridized carbons (Fsp3) is 0.909. The van der Waals surface area contributed by atoms with Crippen molar-refractivity contribution < 1.29 is 4.79 Å². The van der Waals surface area contributed by atoms with Gasteiger partial charge in [0.25, 0.3) is 0 Å². The molecule has 1 heterocycles. The molecule has 1 rings (SSSR count). The molecule has 1 unspecified atom stereocenters. The van der Waals surface area contributed by atoms with E-state index in [2.05, 4.69) is 37.9 Å². The lowest BCUT2D eigenvalue weighted by molar-refractivity contribution is -0.119. The van der Waals surface area contributed by atoms with E-state index in [0.717, 1.165) is 19.6 Å². The van der Waals surface area contributed by atoms with Crippen LogP contribution in [0.2, 0.25) is 0 Å². The zero-order chi connectivity index (χ0) is 10.8. The first-order chi connectivity index (χ1) is 6.45. The fourth-order valence-electron chi connectivity index (χ4n) is 1.92. The molecule has 14 heavy (non-hydrogen) atoms. The molecule has 0 aromatic heterocycles. The molecule has 1 atom stereocenters. The molecule has 1 aliphatic rings. The first-order valence-corrected chi connectivity index (χ1v) is 5.46. The van der Waals surface area contributed by atoms with Gasteiger partial charge < -0.3 is 5.32 Å². The van der Waals surface area contributed by atoms with Gasteiger partial charge >= 0.3 is 0 Å². The van der Waals surface area contributed by atoms with Crippen molar-refractivity contribution in [3.8, 4) is 0 Å². The summed E-state index contributed by atoms with van der Waals surface area (Å²) >= 11 is 0. The van der Waals surface area contributed by atoms with Crippen LogP contribution in [-0.2, 0) is 4.79 Å². The molecule has 0 bridgehead atoms. The number of carbonyl (C=O) groups excluding carboxylic acids is 1. The van der Waals surface area contributed by atoms with E-state index in [1.54, 1.807) is 0 Å². The minimum absolute atomic E-state index is 0.0641. The Morgan fingerprint density at radius 3 is 2.50 bits per heavy atom. The van der Waals surface area contributed by atoms with Crippen LogP contribution in [0.4, 0.5) is 0 Å². The third-order valence-corrected chi connectivity index (χ3v) is 2.88. The van der Waals surface area contributed by atoms with Gasteiger partial charge in [-0.25, -0.2) is 0 Å². The minimum Gasteiger partial charge on any atom is -0.306 e. The van der Waals surface area contributed by atoms with E-state index in [1.165, 1.54) is 0 Å². The molecule has 0 aliphatic carbocycles. The second kappa shape index (κ2) is 4.41. The molecule has 0 aromatic rings. The smallest absolute Gasteiger partial charge is 0.152 e. The molecule has 0 amide bonds. The van der Waals surface area contributed by atoms with Gasteiger partial charge in [0, 0.05) is 25.0 Å². The highest BCUT2D eigenvalue weighted by Crippen LogP contribution is 2.14. The highest BCUT2D eigenvalue weighted by Gasteiger charge is 2.29. The molecular weight excluding hydrogens is 176 g/mol. The maximum Gasteiger partial charge on any atom is 0.152 e. The van der Waals surface area contributed by atoms with Crippen LogP contribution in [0.15, 0.2) is 0 Å². The number of Topliss-reactive ketones (excluding diaryl/α,β-unsaturated/α-hetero) is 1. The number of nitrogens with zero attached hydrogens (tertiary/aromatic N) is 1. The molecule has 1 fully saturated rings. The average molecular weight is 198 g/mol. The van der Waals surface area contributed by atoms with Gasteiger partial charge in [0.2, 0.25) is 0 Å². The number of hydrogen-bond donors (Lipinski definition) is 1. The summed E-state index contributed by atoms with van der Waals surface area (Å²) in [5, 5.41) is 3.25. The van der Waals surface area contributed by atoms with Gasteiger partial charge in [-0.3, -0.25) is 9.69 Å². The standard InChI is InChI=1S/C11H22N2O/c1-5-13(11(2,3)4)8-9-10(14)6-7-12-9/h9,12H,5-8H2,1-4H3. The summed E-state index contributed by atoms with van der Waals surface area (Å²) in [5.41, 5.74) is 0.152. The van der Waals surface area contributed by atoms with Crippen LogP contribution in [0.1, 0.15) is 34.1 Å². The van der Waals surface area contributed by atoms with Gasteiger partial charge in [-0.2, -0.15) is 0 Å². The summed E-state index contributed by atoms with van der Waals surface area (Å²) in [4.78, 5) is 13.8. The molecule has 0 radical (unpaired) electrons. The Kier molecular flexibility index (Phi) is 3.67. The normalized spacial score (nSPS) is 23.5. The van der Waals surface area contributed by atoms with Gasteiger partial charge in [-0.15, -0.1) is 0 Å². The number of nitrogens with one attached hydrogen (secondary N) is 1. The molecule has 1 saturated heterocycles. The van der Waals surface area contributed by atoms with E-state index < -0.39 is 0 Å². The Morgan fingerprint density at radius 1 is 1.50 bits per heavy atom. The SMILES string of the molecule is CCN(CC1NCCC1=O)C(C)(C)C. The van der Waals surface area contributed by atoms with E-state index in [9.17, 15) is 4.79 Å². The highest BCUT2D eigenvalue weighted by atomic mass is 16.1. The van der Waals surface area contributed by atoms with Crippen LogP contribution in [-0.4, -0.2) is 41.9 Å². The molecule has 1 N–H and O–H groups in total. The zero-order valence-electron chi connectivity index (χ0n) is 9.76. The van der Waals surface area contributed by atoms with Crippen molar-refractivity contribution in [3.05, 3.63) is 0 Å². The molecule has 0 aromatic carbocycles. The quantitative estimate of drug-likeness (QED) is 0.735.